The van der Waals surface area contributed by atoms with Gasteiger partial charge in [-0.15, -0.1) is 0 Å². The van der Waals surface area contributed by atoms with Crippen molar-refractivity contribution in [3.63, 3.8) is 0 Å². The third kappa shape index (κ3) is 2.11. The van der Waals surface area contributed by atoms with Crippen LogP contribution >= 0.6 is 11.6 Å². The first-order chi connectivity index (χ1) is 12.2. The summed E-state index contributed by atoms with van der Waals surface area (Å²) in [5.41, 5.74) is 3.58. The van der Waals surface area contributed by atoms with Crippen LogP contribution in [0, 0.1) is 23.7 Å². The number of hydrogen-bond acceptors (Lipinski definition) is 2. The molecule has 1 saturated heterocycles. The van der Waals surface area contributed by atoms with Crippen LogP contribution in [0.4, 0.5) is 5.69 Å². The van der Waals surface area contributed by atoms with Gasteiger partial charge in [0.25, 0.3) is 0 Å². The van der Waals surface area contributed by atoms with Crippen molar-refractivity contribution in [1.82, 2.24) is 0 Å². The van der Waals surface area contributed by atoms with Crippen LogP contribution in [0.3, 0.4) is 0 Å². The van der Waals surface area contributed by atoms with Crippen molar-refractivity contribution in [3.05, 3.63) is 52.6 Å². The fourth-order valence-electron chi connectivity index (χ4n) is 5.35. The normalized spacial score (nSPS) is 33.6. The fraction of sp³-hybridized carbons (Fsp3) is 0.429. The number of nitrogens with zero attached hydrogens (tertiary/aromatic N) is 1. The smallest absolute Gasteiger partial charge is 0.238 e. The van der Waals surface area contributed by atoms with Gasteiger partial charge in [-0.1, -0.05) is 41.3 Å². The number of rotatable bonds is 1. The Labute approximate surface area is 152 Å². The van der Waals surface area contributed by atoms with Crippen LogP contribution in [0.25, 0.3) is 0 Å². The van der Waals surface area contributed by atoms with Crippen molar-refractivity contribution < 1.29 is 9.59 Å². The molecule has 0 spiro atoms. The Morgan fingerprint density at radius 3 is 1.96 bits per heavy atom. The number of carbonyl (C=O) groups excluding carboxylic acids is 2. The lowest BCUT2D eigenvalue weighted by Gasteiger charge is -2.23. The molecule has 128 valence electrons. The van der Waals surface area contributed by atoms with Crippen LogP contribution in [0.2, 0.25) is 5.02 Å². The van der Waals surface area contributed by atoms with E-state index in [0.717, 1.165) is 12.8 Å². The molecule has 1 heterocycles. The molecule has 4 aliphatic rings. The summed E-state index contributed by atoms with van der Waals surface area (Å²) < 4.78 is 0. The van der Waals surface area contributed by atoms with Crippen LogP contribution in [0.1, 0.15) is 32.1 Å². The van der Waals surface area contributed by atoms with Gasteiger partial charge >= 0.3 is 0 Å². The van der Waals surface area contributed by atoms with E-state index < -0.39 is 0 Å². The molecule has 3 fully saturated rings. The van der Waals surface area contributed by atoms with Crippen molar-refractivity contribution in [2.45, 2.75) is 32.1 Å². The first-order valence-corrected chi connectivity index (χ1v) is 9.58. The van der Waals surface area contributed by atoms with Gasteiger partial charge in [0.1, 0.15) is 0 Å². The summed E-state index contributed by atoms with van der Waals surface area (Å²) in [4.78, 5) is 27.6. The summed E-state index contributed by atoms with van der Waals surface area (Å²) in [6.07, 6.45) is 10.4. The zero-order chi connectivity index (χ0) is 17.1. The molecule has 2 saturated carbocycles. The molecule has 0 radical (unpaired) electrons. The van der Waals surface area contributed by atoms with Crippen LogP contribution in [-0.2, 0) is 9.59 Å². The molecule has 3 nitrogen and oxygen atoms in total. The van der Waals surface area contributed by atoms with Gasteiger partial charge in [-0.2, -0.15) is 0 Å². The lowest BCUT2D eigenvalue weighted by molar-refractivity contribution is -0.122. The van der Waals surface area contributed by atoms with E-state index >= 15 is 0 Å². The van der Waals surface area contributed by atoms with Gasteiger partial charge in [0.2, 0.25) is 11.8 Å². The molecule has 4 heteroatoms. The van der Waals surface area contributed by atoms with Crippen LogP contribution in [-0.4, -0.2) is 11.8 Å². The minimum atomic E-state index is -0.206. The third-order valence-electron chi connectivity index (χ3n) is 6.37. The molecular formula is C21H20ClNO2. The molecule has 1 aliphatic heterocycles. The summed E-state index contributed by atoms with van der Waals surface area (Å²) in [7, 11) is 0. The minimum Gasteiger partial charge on any atom is -0.274 e. The van der Waals surface area contributed by atoms with Crippen molar-refractivity contribution in [3.8, 4) is 0 Å². The summed E-state index contributed by atoms with van der Waals surface area (Å²) in [6.45, 7) is 0. The van der Waals surface area contributed by atoms with Crippen LogP contribution in [0.15, 0.2) is 47.6 Å². The molecule has 0 aromatic heterocycles. The third-order valence-corrected chi connectivity index (χ3v) is 6.62. The molecule has 3 aliphatic carbocycles. The minimum absolute atomic E-state index is 0.0388. The van der Waals surface area contributed by atoms with Crippen LogP contribution in [0.5, 0.6) is 0 Å². The van der Waals surface area contributed by atoms with E-state index in [9.17, 15) is 9.59 Å². The molecule has 5 rings (SSSR count). The maximum absolute atomic E-state index is 13.1. The van der Waals surface area contributed by atoms with Gasteiger partial charge < -0.3 is 0 Å². The van der Waals surface area contributed by atoms with Crippen LogP contribution < -0.4 is 4.90 Å². The maximum Gasteiger partial charge on any atom is 0.238 e. The Morgan fingerprint density at radius 1 is 0.840 bits per heavy atom. The van der Waals surface area contributed by atoms with Crippen molar-refractivity contribution in [1.29, 1.82) is 0 Å². The summed E-state index contributed by atoms with van der Waals surface area (Å²) >= 11 is 5.94. The number of benzene rings is 1. The number of fused-ring (bicyclic) bond motifs is 5. The molecule has 25 heavy (non-hydrogen) atoms. The second-order valence-corrected chi connectivity index (χ2v) is 8.03. The second-order valence-electron chi connectivity index (χ2n) is 7.60. The SMILES string of the molecule is O=C1[C@H]2[C@H](C(=O)N1c1ccc(Cl)cc1)[C@H]1C=C[C@H]2C1=C1CCCCC1. The van der Waals surface area contributed by atoms with Gasteiger partial charge in [-0.05, 0) is 49.9 Å². The van der Waals surface area contributed by atoms with Gasteiger partial charge in [0.05, 0.1) is 17.5 Å². The number of carbonyl (C=O) groups is 2. The highest BCUT2D eigenvalue weighted by Crippen LogP contribution is 2.58. The van der Waals surface area contributed by atoms with Gasteiger partial charge in [0.15, 0.2) is 0 Å². The van der Waals surface area contributed by atoms with Crippen molar-refractivity contribution in [2.75, 3.05) is 4.90 Å². The molecule has 2 amide bonds. The standard InChI is InChI=1S/C21H20ClNO2/c22-13-6-8-14(9-7-13)23-20(24)18-15-10-11-16(19(18)21(23)25)17(15)12-4-2-1-3-5-12/h6-11,15-16,18-19H,1-5H2/t15-,16-,18+,19+/m0/s1. The Kier molecular flexibility index (Phi) is 3.43. The van der Waals surface area contributed by atoms with Gasteiger partial charge in [0, 0.05) is 16.9 Å². The van der Waals surface area contributed by atoms with E-state index in [1.807, 2.05) is 0 Å². The summed E-state index contributed by atoms with van der Waals surface area (Å²) in [6, 6.07) is 6.98. The zero-order valence-corrected chi connectivity index (χ0v) is 14.7. The Balaban J connectivity index is 1.52. The Morgan fingerprint density at radius 2 is 1.40 bits per heavy atom. The van der Waals surface area contributed by atoms with E-state index in [2.05, 4.69) is 12.2 Å². The quantitative estimate of drug-likeness (QED) is 0.549. The first-order valence-electron chi connectivity index (χ1n) is 9.20. The Hall–Kier alpha value is -1.87. The topological polar surface area (TPSA) is 37.4 Å². The fourth-order valence-corrected chi connectivity index (χ4v) is 5.47. The highest BCUT2D eigenvalue weighted by atomic mass is 35.5. The number of imide groups is 1. The van der Waals surface area contributed by atoms with Crippen molar-refractivity contribution in [2.24, 2.45) is 23.7 Å². The molecule has 1 aromatic rings. The van der Waals surface area contributed by atoms with Crippen molar-refractivity contribution >= 4 is 29.1 Å². The number of allylic oxidation sites excluding steroid dienone is 4. The lowest BCUT2D eigenvalue weighted by atomic mass is 9.85. The average Bonchev–Trinajstić information content (AvgIpc) is 3.27. The predicted octanol–water partition coefficient (Wildman–Crippen LogP) is 4.52. The van der Waals surface area contributed by atoms with Gasteiger partial charge in [-0.3, -0.25) is 9.59 Å². The largest absolute Gasteiger partial charge is 0.274 e. The zero-order valence-electron chi connectivity index (χ0n) is 14.0. The Bertz CT molecular complexity index is 781. The highest BCUT2D eigenvalue weighted by Gasteiger charge is 2.62. The number of hydrogen-bond donors (Lipinski definition) is 0. The van der Waals surface area contributed by atoms with E-state index in [1.54, 1.807) is 24.3 Å². The predicted molar refractivity (Wildman–Crippen MR) is 97.2 cm³/mol. The lowest BCUT2D eigenvalue weighted by Crippen LogP contribution is -2.33. The maximum atomic E-state index is 13.1. The second kappa shape index (κ2) is 5.57. The monoisotopic (exact) mass is 353 g/mol. The molecule has 0 N–H and O–H groups in total. The van der Waals surface area contributed by atoms with E-state index in [4.69, 9.17) is 11.6 Å². The van der Waals surface area contributed by atoms with E-state index in [-0.39, 0.29) is 35.5 Å². The number of halogens is 1. The van der Waals surface area contributed by atoms with E-state index in [0.29, 0.717) is 10.7 Å². The highest BCUT2D eigenvalue weighted by molar-refractivity contribution is 6.31. The number of amides is 2. The number of anilines is 1. The first kappa shape index (κ1) is 15.4. The summed E-state index contributed by atoms with van der Waals surface area (Å²) in [5, 5.41) is 0.606. The summed E-state index contributed by atoms with van der Waals surface area (Å²) in [5.74, 6) is -0.218. The molecule has 1 aromatic carbocycles. The molecular weight excluding hydrogens is 334 g/mol. The average molecular weight is 354 g/mol. The molecule has 2 bridgehead atoms. The molecule has 0 unspecified atom stereocenters. The van der Waals surface area contributed by atoms with E-state index in [1.165, 1.54) is 35.3 Å². The van der Waals surface area contributed by atoms with Gasteiger partial charge in [-0.25, -0.2) is 4.90 Å². The molecule has 4 atom stereocenters.